The molecule has 1 heterocycles. The van der Waals surface area contributed by atoms with Gasteiger partial charge in [0.1, 0.15) is 31.0 Å². The van der Waals surface area contributed by atoms with Gasteiger partial charge in [-0.25, -0.2) is 9.68 Å². The van der Waals surface area contributed by atoms with E-state index in [9.17, 15) is 19.5 Å². The van der Waals surface area contributed by atoms with Crippen molar-refractivity contribution < 1.29 is 53.3 Å². The zero-order valence-corrected chi connectivity index (χ0v) is 40.1. The number of alkyl carbamates (subject to hydrolysis) is 1. The highest BCUT2D eigenvalue weighted by molar-refractivity contribution is 6.18. The van der Waals surface area contributed by atoms with Crippen molar-refractivity contribution in [2.45, 2.75) is 224 Å². The third-order valence-corrected chi connectivity index (χ3v) is 13.0. The van der Waals surface area contributed by atoms with Crippen LogP contribution in [0.25, 0.3) is 0 Å². The molecule has 2 aliphatic rings. The summed E-state index contributed by atoms with van der Waals surface area (Å²) in [7, 11) is 1.57. The van der Waals surface area contributed by atoms with Gasteiger partial charge in [0.05, 0.1) is 23.5 Å². The highest BCUT2D eigenvalue weighted by atomic mass is 35.5. The van der Waals surface area contributed by atoms with E-state index >= 15 is 0 Å². The lowest BCUT2D eigenvalue weighted by Gasteiger charge is -2.48. The van der Waals surface area contributed by atoms with Gasteiger partial charge in [-0.3, -0.25) is 14.8 Å². The number of allylic oxidation sites excluding steroid dienone is 1. The van der Waals surface area contributed by atoms with Crippen LogP contribution in [0.2, 0.25) is 0 Å². The Morgan fingerprint density at radius 2 is 1.37 bits per heavy atom. The molecular weight excluding hydrogens is 816 g/mol. The number of hydrogen-bond donors (Lipinski definition) is 4. The Kier molecular flexibility index (Phi) is 30.3. The normalized spacial score (nSPS) is 23.7. The minimum Gasteiger partial charge on any atom is -0.462 e. The van der Waals surface area contributed by atoms with E-state index in [0.29, 0.717) is 38.8 Å². The summed E-state index contributed by atoms with van der Waals surface area (Å²) in [6.07, 6.45) is 24.8. The second-order valence-corrected chi connectivity index (χ2v) is 18.5. The number of ether oxygens (including phenoxy) is 5. The Morgan fingerprint density at radius 3 is 1.92 bits per heavy atom. The molecule has 0 radical (unpaired) electrons. The van der Waals surface area contributed by atoms with Crippen LogP contribution in [0.1, 0.15) is 188 Å². The molecule has 0 spiro atoms. The summed E-state index contributed by atoms with van der Waals surface area (Å²) in [5.74, 6) is -1.14. The fourth-order valence-electron chi connectivity index (χ4n) is 8.78. The summed E-state index contributed by atoms with van der Waals surface area (Å²) in [6.45, 7) is 9.76. The van der Waals surface area contributed by atoms with E-state index < -0.39 is 47.5 Å². The first kappa shape index (κ1) is 56.1. The summed E-state index contributed by atoms with van der Waals surface area (Å²) in [4.78, 5) is 41.6. The molecule has 0 aromatic rings. The molecule has 1 aliphatic carbocycles. The number of halogens is 1. The number of alkyl halides is 1. The van der Waals surface area contributed by atoms with Crippen molar-refractivity contribution in [3.8, 4) is 0 Å². The largest absolute Gasteiger partial charge is 0.462 e. The molecule has 0 bridgehead atoms. The number of nitrogens with one attached hydrogen (secondary N) is 2. The smallest absolute Gasteiger partial charge is 0.407 e. The molecular formula is C48H87ClN2O11. The van der Waals surface area contributed by atoms with Gasteiger partial charge in [-0.05, 0) is 65.8 Å². The Labute approximate surface area is 379 Å². The first-order valence-corrected chi connectivity index (χ1v) is 24.9. The third-order valence-electron chi connectivity index (χ3n) is 12.5. The van der Waals surface area contributed by atoms with Crippen LogP contribution in [0.4, 0.5) is 4.79 Å². The third kappa shape index (κ3) is 23.3. The number of methoxy groups -OCH3 is 1. The van der Waals surface area contributed by atoms with Crippen LogP contribution in [-0.4, -0.2) is 110 Å². The van der Waals surface area contributed by atoms with Crippen molar-refractivity contribution in [2.75, 3.05) is 45.8 Å². The fourth-order valence-corrected chi connectivity index (χ4v) is 9.08. The van der Waals surface area contributed by atoms with Crippen molar-refractivity contribution in [1.82, 2.24) is 10.6 Å². The maximum absolute atomic E-state index is 12.8. The van der Waals surface area contributed by atoms with E-state index in [2.05, 4.69) is 28.5 Å². The van der Waals surface area contributed by atoms with Gasteiger partial charge >= 0.3 is 18.0 Å². The fraction of sp³-hybridized carbons (Fsp3) is 0.896. The molecule has 2 fully saturated rings. The van der Waals surface area contributed by atoms with Crippen LogP contribution in [0.5, 0.6) is 0 Å². The van der Waals surface area contributed by atoms with Crippen molar-refractivity contribution in [3.63, 3.8) is 0 Å². The van der Waals surface area contributed by atoms with E-state index in [1.807, 2.05) is 20.8 Å². The molecule has 0 aromatic heterocycles. The predicted molar refractivity (Wildman–Crippen MR) is 244 cm³/mol. The van der Waals surface area contributed by atoms with Gasteiger partial charge in [0.15, 0.2) is 6.10 Å². The maximum Gasteiger partial charge on any atom is 0.407 e. The van der Waals surface area contributed by atoms with Crippen molar-refractivity contribution in [3.05, 3.63) is 11.6 Å². The van der Waals surface area contributed by atoms with Gasteiger partial charge in [-0.1, -0.05) is 128 Å². The second-order valence-electron chi connectivity index (χ2n) is 18.2. The highest BCUT2D eigenvalue weighted by Gasteiger charge is 2.67. The molecule has 1 saturated carbocycles. The molecule has 1 saturated heterocycles. The standard InChI is InChI=1S/C48H87ClN2O11/c1-6-7-8-9-10-11-12-13-14-15-16-17-20-23-26-42(52)58-35-39(36-59-56)60-43(53)27-24-21-18-19-22-25-32-50-33-34-51-46(54)61-40-30-31-48(55,37-49)45(44(40)57-5)47(4)41(62-47)29-28-38(2)3/h28,39-41,44-45,50,55-56H,6-27,29-37H2,1-5H3,(H,51,54)/t39?,40-,41?,44-,45-,47+,48+/m1/s1. The van der Waals surface area contributed by atoms with Gasteiger partial charge < -0.3 is 39.4 Å². The van der Waals surface area contributed by atoms with Gasteiger partial charge in [0.2, 0.25) is 0 Å². The van der Waals surface area contributed by atoms with E-state index in [1.165, 1.54) is 76.2 Å². The average Bonchev–Trinajstić information content (AvgIpc) is 3.92. The molecule has 4 N–H and O–H groups in total. The monoisotopic (exact) mass is 903 g/mol. The number of carbonyl (C=O) groups is 3. The Hall–Kier alpha value is -2.00. The van der Waals surface area contributed by atoms with Crippen molar-refractivity contribution >= 4 is 29.6 Å². The SMILES string of the molecule is CCCCCCCCCCCCCCCCC(=O)OCC(COO)OC(=O)CCCCCCCCNCCNC(=O)O[C@@H]1CC[C@](O)(CCl)[C@@H]([C@@]2(C)OC2CC=C(C)C)[C@@H]1OC. The number of aliphatic hydroxyl groups is 1. The minimum absolute atomic E-state index is 0.0399. The number of carbonyl (C=O) groups excluding carboxylic acids is 3. The van der Waals surface area contributed by atoms with Crippen molar-refractivity contribution in [2.24, 2.45) is 5.92 Å². The van der Waals surface area contributed by atoms with Crippen LogP contribution in [0, 0.1) is 5.92 Å². The lowest BCUT2D eigenvalue weighted by Crippen LogP contribution is -2.61. The van der Waals surface area contributed by atoms with Gasteiger partial charge in [0.25, 0.3) is 0 Å². The van der Waals surface area contributed by atoms with Gasteiger partial charge in [0, 0.05) is 33.0 Å². The lowest BCUT2D eigenvalue weighted by atomic mass is 9.66. The first-order chi connectivity index (χ1) is 29.9. The summed E-state index contributed by atoms with van der Waals surface area (Å²) < 4.78 is 28.5. The van der Waals surface area contributed by atoms with Crippen LogP contribution >= 0.6 is 11.6 Å². The Bertz CT molecular complexity index is 1240. The molecule has 1 amide bonds. The summed E-state index contributed by atoms with van der Waals surface area (Å²) in [5, 5.41) is 26.6. The zero-order chi connectivity index (χ0) is 45.5. The molecule has 1 aliphatic heterocycles. The molecule has 62 heavy (non-hydrogen) atoms. The number of esters is 2. The van der Waals surface area contributed by atoms with E-state index in [0.717, 1.165) is 64.3 Å². The van der Waals surface area contributed by atoms with Crippen LogP contribution in [0.15, 0.2) is 11.6 Å². The van der Waals surface area contributed by atoms with Gasteiger partial charge in [-0.15, -0.1) is 11.6 Å². The molecule has 0 aromatic carbocycles. The molecule has 13 nitrogen and oxygen atoms in total. The molecule has 7 atom stereocenters. The quantitative estimate of drug-likeness (QED) is 0.00676. The Balaban J connectivity index is 1.46. The van der Waals surface area contributed by atoms with E-state index in [1.54, 1.807) is 7.11 Å². The molecule has 14 heteroatoms. The molecule has 362 valence electrons. The van der Waals surface area contributed by atoms with E-state index in [-0.39, 0.29) is 37.6 Å². The lowest BCUT2D eigenvalue weighted by molar-refractivity contribution is -0.261. The van der Waals surface area contributed by atoms with Crippen LogP contribution in [-0.2, 0) is 38.2 Å². The maximum atomic E-state index is 12.8. The average molecular weight is 904 g/mol. The second kappa shape index (κ2) is 33.5. The summed E-state index contributed by atoms with van der Waals surface area (Å²) in [6, 6.07) is 0. The van der Waals surface area contributed by atoms with Crippen LogP contribution < -0.4 is 10.6 Å². The zero-order valence-electron chi connectivity index (χ0n) is 39.3. The topological polar surface area (TPSA) is 174 Å². The van der Waals surface area contributed by atoms with E-state index in [4.69, 9.17) is 40.5 Å². The number of rotatable bonds is 38. The number of hydrogen-bond acceptors (Lipinski definition) is 12. The molecule has 2 rings (SSSR count). The minimum atomic E-state index is -1.20. The van der Waals surface area contributed by atoms with Crippen LogP contribution in [0.3, 0.4) is 0 Å². The Morgan fingerprint density at radius 1 is 0.806 bits per heavy atom. The number of epoxide rings is 1. The first-order valence-electron chi connectivity index (χ1n) is 24.3. The molecule has 2 unspecified atom stereocenters. The number of amides is 1. The van der Waals surface area contributed by atoms with Crippen molar-refractivity contribution in [1.29, 1.82) is 0 Å². The summed E-state index contributed by atoms with van der Waals surface area (Å²) >= 11 is 6.31. The predicted octanol–water partition coefficient (Wildman–Crippen LogP) is 10.1. The number of unbranched alkanes of at least 4 members (excludes halogenated alkanes) is 18. The van der Waals surface area contributed by atoms with Gasteiger partial charge in [-0.2, -0.15) is 0 Å². The summed E-state index contributed by atoms with van der Waals surface area (Å²) in [5.41, 5.74) is -0.639. The highest BCUT2D eigenvalue weighted by Crippen LogP contribution is 2.55.